The predicted octanol–water partition coefficient (Wildman–Crippen LogP) is 13.2. The van der Waals surface area contributed by atoms with Crippen LogP contribution in [-0.4, -0.2) is 0 Å². The Kier molecular flexibility index (Phi) is 4.05. The van der Waals surface area contributed by atoms with Crippen molar-refractivity contribution in [2.75, 3.05) is 0 Å². The Bertz CT molecular complexity index is 3300. The van der Waals surface area contributed by atoms with Gasteiger partial charge in [0.05, 0.1) is 12.3 Å². The summed E-state index contributed by atoms with van der Waals surface area (Å²) < 4.78 is 85.1. The summed E-state index contributed by atoms with van der Waals surface area (Å²) in [6.45, 7) is 0. The highest BCUT2D eigenvalue weighted by atomic mass is 16.3. The second-order valence-corrected chi connectivity index (χ2v) is 11.7. The first-order valence-electron chi connectivity index (χ1n) is 20.0. The van der Waals surface area contributed by atoms with E-state index in [0.717, 1.165) is 54.6 Å². The third kappa shape index (κ3) is 3.90. The van der Waals surface area contributed by atoms with E-state index < -0.39 is 36.3 Å². The van der Waals surface area contributed by atoms with Crippen molar-refractivity contribution in [3.63, 3.8) is 0 Å². The summed E-state index contributed by atoms with van der Waals surface area (Å²) in [6, 6.07) is 35.3. The fourth-order valence-corrected chi connectivity index (χ4v) is 7.19. The van der Waals surface area contributed by atoms with Gasteiger partial charge in [-0.2, -0.15) is 0 Å². The van der Waals surface area contributed by atoms with Gasteiger partial charge in [-0.3, -0.25) is 0 Å². The summed E-state index contributed by atoms with van der Waals surface area (Å²) in [5, 5.41) is 6.46. The van der Waals surface area contributed by atoms with Gasteiger partial charge in [-0.25, -0.2) is 0 Å². The third-order valence-corrected chi connectivity index (χ3v) is 9.18. The summed E-state index contributed by atoms with van der Waals surface area (Å²) in [6.07, 6.45) is 0. The third-order valence-electron chi connectivity index (χ3n) is 9.18. The van der Waals surface area contributed by atoms with E-state index in [2.05, 4.69) is 60.7 Å². The Labute approximate surface area is 284 Å². The van der Waals surface area contributed by atoms with Crippen LogP contribution in [0, 0.1) is 0 Å². The zero-order chi connectivity index (χ0) is 38.7. The van der Waals surface area contributed by atoms with Crippen LogP contribution in [0.5, 0.6) is 0 Å². The van der Waals surface area contributed by atoms with Gasteiger partial charge < -0.3 is 4.42 Å². The second-order valence-electron chi connectivity index (χ2n) is 11.7. The smallest absolute Gasteiger partial charge is 0.143 e. The van der Waals surface area contributed by atoms with Crippen molar-refractivity contribution in [1.82, 2.24) is 0 Å². The molecule has 0 atom stereocenters. The molecule has 47 heavy (non-hydrogen) atoms. The van der Waals surface area contributed by atoms with E-state index in [1.165, 1.54) is 0 Å². The van der Waals surface area contributed by atoms with Crippen molar-refractivity contribution in [3.05, 3.63) is 170 Å². The molecule has 0 aliphatic heterocycles. The minimum absolute atomic E-state index is 0.0558. The Morgan fingerprint density at radius 1 is 0.404 bits per heavy atom. The van der Waals surface area contributed by atoms with Gasteiger partial charge in [0.2, 0.25) is 0 Å². The van der Waals surface area contributed by atoms with Gasteiger partial charge in [0.1, 0.15) is 11.2 Å². The molecule has 0 bridgehead atoms. The first kappa shape index (κ1) is 18.7. The molecular weight excluding hydrogens is 569 g/mol. The van der Waals surface area contributed by atoms with Crippen LogP contribution < -0.4 is 0 Å². The Morgan fingerprint density at radius 2 is 1.06 bits per heavy atom. The maximum atomic E-state index is 9.24. The van der Waals surface area contributed by atoms with Crippen LogP contribution in [-0.2, 0) is 0 Å². The van der Waals surface area contributed by atoms with Crippen LogP contribution in [0.4, 0.5) is 0 Å². The summed E-state index contributed by atoms with van der Waals surface area (Å²) in [4.78, 5) is 0. The van der Waals surface area contributed by atoms with Crippen LogP contribution in [0.3, 0.4) is 0 Å². The molecule has 0 amide bonds. The number of hydrogen-bond acceptors (Lipinski definition) is 1. The maximum absolute atomic E-state index is 9.24. The Hall–Kier alpha value is -6.18. The molecule has 10 aromatic rings. The van der Waals surface area contributed by atoms with Gasteiger partial charge in [-0.05, 0) is 89.2 Å². The molecule has 0 aliphatic rings. The number of hydrogen-bond donors (Lipinski definition) is 0. The fraction of sp³-hybridized carbons (Fsp3) is 0. The molecule has 1 aromatic heterocycles. The molecule has 0 unspecified atom stereocenters. The quantitative estimate of drug-likeness (QED) is 0.183. The molecule has 0 N–H and O–H groups in total. The van der Waals surface area contributed by atoms with Crippen molar-refractivity contribution < 1.29 is 16.8 Å². The molecule has 0 radical (unpaired) electrons. The molecular formula is C46H28O. The van der Waals surface area contributed by atoms with Gasteiger partial charge in [0, 0.05) is 16.2 Å². The lowest BCUT2D eigenvalue weighted by molar-refractivity contribution is 0.673. The first-order valence-corrected chi connectivity index (χ1v) is 15.5. The van der Waals surface area contributed by atoms with E-state index >= 15 is 0 Å². The van der Waals surface area contributed by atoms with E-state index in [1.54, 1.807) is 0 Å². The normalized spacial score (nSPS) is 14.5. The lowest BCUT2D eigenvalue weighted by atomic mass is 9.84. The first-order chi connectivity index (χ1) is 27.1. The molecule has 9 aromatic carbocycles. The number of rotatable bonds is 3. The summed E-state index contributed by atoms with van der Waals surface area (Å²) in [7, 11) is 0. The fourth-order valence-electron chi connectivity index (χ4n) is 7.19. The Balaban J connectivity index is 1.30. The zero-order valence-electron chi connectivity index (χ0n) is 33.9. The zero-order valence-corrected chi connectivity index (χ0v) is 24.9. The second kappa shape index (κ2) is 10.2. The lowest BCUT2D eigenvalue weighted by Gasteiger charge is -2.19. The van der Waals surface area contributed by atoms with Gasteiger partial charge in [-0.1, -0.05) is 151 Å². The maximum Gasteiger partial charge on any atom is 0.143 e. The minimum atomic E-state index is -0.531. The van der Waals surface area contributed by atoms with E-state index in [4.69, 9.17) is 15.4 Å². The molecule has 0 saturated heterocycles. The van der Waals surface area contributed by atoms with Crippen molar-refractivity contribution >= 4 is 65.0 Å². The summed E-state index contributed by atoms with van der Waals surface area (Å²) in [5.41, 5.74) is 4.65. The molecule has 1 heteroatoms. The van der Waals surface area contributed by atoms with Crippen LogP contribution in [0.25, 0.3) is 98.4 Å². The highest BCUT2D eigenvalue weighted by molar-refractivity contribution is 6.24. The lowest BCUT2D eigenvalue weighted by Crippen LogP contribution is -1.92. The molecule has 0 saturated carbocycles. The van der Waals surface area contributed by atoms with Crippen LogP contribution >= 0.6 is 0 Å². The van der Waals surface area contributed by atoms with Gasteiger partial charge >= 0.3 is 0 Å². The average Bonchev–Trinajstić information content (AvgIpc) is 3.62. The molecule has 1 nitrogen and oxygen atoms in total. The van der Waals surface area contributed by atoms with E-state index in [0.29, 0.717) is 5.56 Å². The monoisotopic (exact) mass is 605 g/mol. The SMILES string of the molecule is [2H]c1c([2H])c(-c2cccc(-c3c4ccccc4c(-c4cccc5ccccc45)c4ccccc34)c2)c2c(oc3c4c([2H])c([2H])c([2H])c([2H])c4c([2H])c([2H])c32)c1[2H]. The number of fused-ring (bicyclic) bond motifs is 8. The van der Waals surface area contributed by atoms with Crippen molar-refractivity contribution in [2.24, 2.45) is 0 Å². The largest absolute Gasteiger partial charge is 0.455 e. The van der Waals surface area contributed by atoms with E-state index in [-0.39, 0.29) is 56.4 Å². The molecule has 10 rings (SSSR count). The number of furan rings is 1. The molecule has 0 aliphatic carbocycles. The Morgan fingerprint density at radius 3 is 1.87 bits per heavy atom. The molecule has 218 valence electrons. The highest BCUT2D eigenvalue weighted by Crippen LogP contribution is 2.46. The minimum Gasteiger partial charge on any atom is -0.455 e. The van der Waals surface area contributed by atoms with Crippen LogP contribution in [0.2, 0.25) is 0 Å². The van der Waals surface area contributed by atoms with Gasteiger partial charge in [0.25, 0.3) is 0 Å². The topological polar surface area (TPSA) is 13.1 Å². The van der Waals surface area contributed by atoms with Crippen LogP contribution in [0.1, 0.15) is 12.3 Å². The van der Waals surface area contributed by atoms with Crippen LogP contribution in [0.15, 0.2) is 174 Å². The van der Waals surface area contributed by atoms with E-state index in [9.17, 15) is 1.37 Å². The van der Waals surface area contributed by atoms with E-state index in [1.807, 2.05) is 54.6 Å². The average molecular weight is 606 g/mol. The van der Waals surface area contributed by atoms with Gasteiger partial charge in [0.15, 0.2) is 0 Å². The molecule has 0 fully saturated rings. The predicted molar refractivity (Wildman–Crippen MR) is 200 cm³/mol. The summed E-state index contributed by atoms with van der Waals surface area (Å²) in [5.74, 6) is 0. The molecule has 0 spiro atoms. The van der Waals surface area contributed by atoms with Crippen molar-refractivity contribution in [2.45, 2.75) is 0 Å². The number of benzene rings is 9. The highest BCUT2D eigenvalue weighted by Gasteiger charge is 2.19. The van der Waals surface area contributed by atoms with Crippen molar-refractivity contribution in [1.29, 1.82) is 0 Å². The van der Waals surface area contributed by atoms with Gasteiger partial charge in [-0.15, -0.1) is 0 Å². The molecule has 1 heterocycles. The van der Waals surface area contributed by atoms with Crippen molar-refractivity contribution in [3.8, 4) is 33.4 Å². The summed E-state index contributed by atoms with van der Waals surface area (Å²) >= 11 is 0. The standard InChI is InChI=1S/C46H28O/c1-3-17-33-29(12-1)14-10-24-36(33)44-39-21-7-5-19-37(39)43(38-20-6-8-22-40(38)44)32-16-9-15-31(28-32)34-23-11-25-42-45(34)41-27-26-30-13-2-4-18-35(30)46(41)47-42/h1-28H/i2D,4D,11D,13D,18D,23D,25D,26D,27D.